The van der Waals surface area contributed by atoms with Gasteiger partial charge >= 0.3 is 5.97 Å². The highest BCUT2D eigenvalue weighted by Crippen LogP contribution is 2.26. The zero-order valence-electron chi connectivity index (χ0n) is 14.4. The average molecular weight is 337 g/mol. The second-order valence-corrected chi connectivity index (χ2v) is 5.80. The smallest absolute Gasteiger partial charge is 0.340 e. The van der Waals surface area contributed by atoms with E-state index in [0.29, 0.717) is 27.9 Å². The Morgan fingerprint density at radius 2 is 1.68 bits per heavy atom. The number of esters is 1. The summed E-state index contributed by atoms with van der Waals surface area (Å²) in [5, 5.41) is 0.690. The van der Waals surface area contributed by atoms with Crippen molar-refractivity contribution in [1.29, 1.82) is 0 Å². The van der Waals surface area contributed by atoms with Crippen LogP contribution in [0.1, 0.15) is 26.4 Å². The number of para-hydroxylation sites is 1. The van der Waals surface area contributed by atoms with E-state index in [4.69, 9.17) is 9.47 Å². The largest absolute Gasteiger partial charge is 0.484 e. The molecule has 5 heteroatoms. The number of carbonyl (C=O) groups is 2. The Morgan fingerprint density at radius 1 is 1.00 bits per heavy atom. The molecule has 0 aliphatic rings. The van der Waals surface area contributed by atoms with Gasteiger partial charge in [-0.25, -0.2) is 4.79 Å². The van der Waals surface area contributed by atoms with Crippen LogP contribution in [0.5, 0.6) is 5.75 Å². The minimum atomic E-state index is -0.459. The third-order valence-corrected chi connectivity index (χ3v) is 4.13. The molecule has 5 nitrogen and oxygen atoms in total. The van der Waals surface area contributed by atoms with Crippen LogP contribution in [0.15, 0.2) is 48.5 Å². The Morgan fingerprint density at radius 3 is 2.36 bits per heavy atom. The van der Waals surface area contributed by atoms with E-state index in [2.05, 4.69) is 0 Å². The molecule has 0 bridgehead atoms. The van der Waals surface area contributed by atoms with Crippen LogP contribution in [0.3, 0.4) is 0 Å². The fourth-order valence-electron chi connectivity index (χ4n) is 2.89. The van der Waals surface area contributed by atoms with Crippen molar-refractivity contribution in [2.24, 2.45) is 0 Å². The number of carbonyl (C=O) groups excluding carboxylic acids is 2. The Bertz CT molecular complexity index is 938. The SMILES string of the molecule is COC(=O)c1c(C)n(C(=O)COc2ccc(C)cc2)c2ccccc12. The van der Waals surface area contributed by atoms with Gasteiger partial charge in [0.15, 0.2) is 6.61 Å². The normalized spacial score (nSPS) is 10.7. The van der Waals surface area contributed by atoms with Crippen LogP contribution in [-0.4, -0.2) is 30.2 Å². The summed E-state index contributed by atoms with van der Waals surface area (Å²) in [5.74, 6) is -0.0783. The lowest BCUT2D eigenvalue weighted by molar-refractivity contribution is 0.0602. The van der Waals surface area contributed by atoms with Crippen molar-refractivity contribution in [3.05, 3.63) is 65.4 Å². The van der Waals surface area contributed by atoms with Gasteiger partial charge in [-0.1, -0.05) is 35.9 Å². The van der Waals surface area contributed by atoms with Crippen molar-refractivity contribution in [1.82, 2.24) is 4.57 Å². The fraction of sp³-hybridized carbons (Fsp3) is 0.200. The summed E-state index contributed by atoms with van der Waals surface area (Å²) in [6.45, 7) is 3.60. The van der Waals surface area contributed by atoms with Crippen molar-refractivity contribution >= 4 is 22.8 Å². The van der Waals surface area contributed by atoms with Crippen molar-refractivity contribution in [3.63, 3.8) is 0 Å². The predicted octanol–water partition coefficient (Wildman–Crippen LogP) is 3.76. The van der Waals surface area contributed by atoms with Gasteiger partial charge in [-0.3, -0.25) is 9.36 Å². The van der Waals surface area contributed by atoms with Crippen LogP contribution in [0, 0.1) is 13.8 Å². The molecule has 128 valence electrons. The van der Waals surface area contributed by atoms with Gasteiger partial charge < -0.3 is 9.47 Å². The highest BCUT2D eigenvalue weighted by molar-refractivity contribution is 6.09. The number of nitrogens with zero attached hydrogens (tertiary/aromatic N) is 1. The lowest BCUT2D eigenvalue weighted by Crippen LogP contribution is -2.20. The first kappa shape index (κ1) is 16.8. The number of fused-ring (bicyclic) bond motifs is 1. The van der Waals surface area contributed by atoms with Gasteiger partial charge in [0.1, 0.15) is 5.75 Å². The number of hydrogen-bond acceptors (Lipinski definition) is 4. The maximum atomic E-state index is 12.7. The van der Waals surface area contributed by atoms with Gasteiger partial charge in [-0.05, 0) is 32.0 Å². The van der Waals surface area contributed by atoms with E-state index in [0.717, 1.165) is 5.56 Å². The van der Waals surface area contributed by atoms with Gasteiger partial charge in [0.2, 0.25) is 0 Å². The Balaban J connectivity index is 1.94. The van der Waals surface area contributed by atoms with Gasteiger partial charge in [-0.15, -0.1) is 0 Å². The summed E-state index contributed by atoms with van der Waals surface area (Å²) >= 11 is 0. The third kappa shape index (κ3) is 3.13. The highest BCUT2D eigenvalue weighted by Gasteiger charge is 2.23. The summed E-state index contributed by atoms with van der Waals surface area (Å²) in [7, 11) is 1.33. The van der Waals surface area contributed by atoms with E-state index in [1.165, 1.54) is 11.7 Å². The van der Waals surface area contributed by atoms with Crippen molar-refractivity contribution in [2.75, 3.05) is 13.7 Å². The van der Waals surface area contributed by atoms with Crippen molar-refractivity contribution in [2.45, 2.75) is 13.8 Å². The first-order valence-electron chi connectivity index (χ1n) is 7.94. The van der Waals surface area contributed by atoms with Crippen molar-refractivity contribution in [3.8, 4) is 5.75 Å². The number of benzene rings is 2. The molecule has 2 aromatic carbocycles. The van der Waals surface area contributed by atoms with Crippen LogP contribution in [0.2, 0.25) is 0 Å². The minimum absolute atomic E-state index is 0.122. The summed E-state index contributed by atoms with van der Waals surface area (Å²) in [6, 6.07) is 14.8. The summed E-state index contributed by atoms with van der Waals surface area (Å²) < 4.78 is 12.0. The molecular weight excluding hydrogens is 318 g/mol. The maximum absolute atomic E-state index is 12.7. The minimum Gasteiger partial charge on any atom is -0.484 e. The molecule has 3 rings (SSSR count). The van der Waals surface area contributed by atoms with E-state index >= 15 is 0 Å². The van der Waals surface area contributed by atoms with E-state index < -0.39 is 5.97 Å². The zero-order chi connectivity index (χ0) is 18.0. The molecule has 0 amide bonds. The van der Waals surface area contributed by atoms with Crippen LogP contribution in [0.25, 0.3) is 10.9 Å². The van der Waals surface area contributed by atoms with Crippen molar-refractivity contribution < 1.29 is 19.1 Å². The molecule has 1 heterocycles. The molecule has 0 spiro atoms. The van der Waals surface area contributed by atoms with Gasteiger partial charge in [0, 0.05) is 11.1 Å². The predicted molar refractivity (Wildman–Crippen MR) is 95.3 cm³/mol. The van der Waals surface area contributed by atoms with Gasteiger partial charge in [-0.2, -0.15) is 0 Å². The second kappa shape index (κ2) is 6.81. The molecule has 1 aromatic heterocycles. The lowest BCUT2D eigenvalue weighted by atomic mass is 10.1. The Kier molecular flexibility index (Phi) is 4.57. The summed E-state index contributed by atoms with van der Waals surface area (Å²) in [6.07, 6.45) is 0. The second-order valence-electron chi connectivity index (χ2n) is 5.80. The highest BCUT2D eigenvalue weighted by atomic mass is 16.5. The maximum Gasteiger partial charge on any atom is 0.340 e. The third-order valence-electron chi connectivity index (χ3n) is 4.13. The van der Waals surface area contributed by atoms with Crippen LogP contribution in [0.4, 0.5) is 0 Å². The molecular formula is C20H19NO4. The van der Waals surface area contributed by atoms with Gasteiger partial charge in [0.25, 0.3) is 5.91 Å². The Hall–Kier alpha value is -3.08. The number of aryl methyl sites for hydroxylation is 1. The summed E-state index contributed by atoms with van der Waals surface area (Å²) in [5.41, 5.74) is 2.74. The monoisotopic (exact) mass is 337 g/mol. The summed E-state index contributed by atoms with van der Waals surface area (Å²) in [4.78, 5) is 24.8. The number of rotatable bonds is 4. The number of aromatic nitrogens is 1. The standard InChI is InChI=1S/C20H19NO4/c1-13-8-10-15(11-9-13)25-12-18(22)21-14(2)19(20(23)24-3)16-6-4-5-7-17(16)21/h4-11H,12H2,1-3H3. The first-order chi connectivity index (χ1) is 12.0. The molecule has 0 fully saturated rings. The molecule has 0 radical (unpaired) electrons. The first-order valence-corrected chi connectivity index (χ1v) is 7.94. The number of ether oxygens (including phenoxy) is 2. The van der Waals surface area contributed by atoms with E-state index in [1.54, 1.807) is 19.1 Å². The van der Waals surface area contributed by atoms with Crippen LogP contribution < -0.4 is 4.74 Å². The molecule has 0 saturated carbocycles. The van der Waals surface area contributed by atoms with Crippen LogP contribution >= 0.6 is 0 Å². The Labute approximate surface area is 145 Å². The van der Waals surface area contributed by atoms with E-state index in [-0.39, 0.29) is 12.5 Å². The number of methoxy groups -OCH3 is 1. The van der Waals surface area contributed by atoms with E-state index in [9.17, 15) is 9.59 Å². The molecule has 0 unspecified atom stereocenters. The topological polar surface area (TPSA) is 57.5 Å². The molecule has 0 aliphatic carbocycles. The lowest BCUT2D eigenvalue weighted by Gasteiger charge is -2.09. The zero-order valence-corrected chi connectivity index (χ0v) is 14.4. The molecule has 3 aromatic rings. The molecule has 0 aliphatic heterocycles. The molecule has 25 heavy (non-hydrogen) atoms. The van der Waals surface area contributed by atoms with E-state index in [1.807, 2.05) is 43.3 Å². The van der Waals surface area contributed by atoms with Crippen LogP contribution in [-0.2, 0) is 4.74 Å². The quantitative estimate of drug-likeness (QED) is 0.680. The van der Waals surface area contributed by atoms with Gasteiger partial charge in [0.05, 0.1) is 18.2 Å². The molecule has 0 atom stereocenters. The molecule has 0 N–H and O–H groups in total. The average Bonchev–Trinajstić information content (AvgIpc) is 2.92. The fourth-order valence-corrected chi connectivity index (χ4v) is 2.89. The number of hydrogen-bond donors (Lipinski definition) is 0. The molecule has 0 saturated heterocycles.